The minimum atomic E-state index is -0.980. The molecule has 0 aliphatic rings. The fraction of sp³-hybridized carbons (Fsp3) is 0.417. The molecule has 2 N–H and O–H groups in total. The highest BCUT2D eigenvalue weighted by Crippen LogP contribution is 2.28. The molecule has 0 radical (unpaired) electrons. The molecule has 0 amide bonds. The van der Waals surface area contributed by atoms with Crippen molar-refractivity contribution in [3.8, 4) is 0 Å². The molecule has 0 bridgehead atoms. The average Bonchev–Trinajstić information content (AvgIpc) is 2.18. The molecule has 1 aromatic carbocycles. The van der Waals surface area contributed by atoms with Crippen molar-refractivity contribution >= 4 is 5.97 Å². The first-order valence-corrected chi connectivity index (χ1v) is 4.90. The molecule has 3 heteroatoms. The molecule has 82 valence electrons. The average molecular weight is 208 g/mol. The molecule has 0 aliphatic heterocycles. The highest BCUT2D eigenvalue weighted by Gasteiger charge is 2.31. The molecular weight excluding hydrogens is 192 g/mol. The Bertz CT molecular complexity index is 330. The summed E-state index contributed by atoms with van der Waals surface area (Å²) in [5, 5.41) is 18.5. The number of aliphatic carboxylic acids is 1. The number of rotatable bonds is 4. The van der Waals surface area contributed by atoms with Crippen LogP contribution < -0.4 is 0 Å². The fourth-order valence-electron chi connectivity index (χ4n) is 1.48. The van der Waals surface area contributed by atoms with Crippen molar-refractivity contribution in [1.82, 2.24) is 0 Å². The zero-order chi connectivity index (χ0) is 11.5. The first-order valence-electron chi connectivity index (χ1n) is 4.90. The van der Waals surface area contributed by atoms with Gasteiger partial charge in [0, 0.05) is 5.41 Å². The van der Waals surface area contributed by atoms with Gasteiger partial charge in [-0.25, -0.2) is 0 Å². The highest BCUT2D eigenvalue weighted by molar-refractivity contribution is 5.67. The van der Waals surface area contributed by atoms with Gasteiger partial charge in [-0.1, -0.05) is 44.2 Å². The van der Waals surface area contributed by atoms with Crippen molar-refractivity contribution in [3.63, 3.8) is 0 Å². The third-order valence-corrected chi connectivity index (χ3v) is 2.72. The number of carboxylic acid groups (broad SMARTS) is 1. The summed E-state index contributed by atoms with van der Waals surface area (Å²) in [4.78, 5) is 10.5. The largest absolute Gasteiger partial charge is 0.481 e. The number of aliphatic hydroxyl groups excluding tert-OH is 1. The Morgan fingerprint density at radius 3 is 2.33 bits per heavy atom. The predicted molar refractivity (Wildman–Crippen MR) is 57.7 cm³/mol. The minimum absolute atomic E-state index is 0.234. The third-order valence-electron chi connectivity index (χ3n) is 2.72. The molecule has 0 saturated heterocycles. The maximum Gasteiger partial charge on any atom is 0.306 e. The van der Waals surface area contributed by atoms with Gasteiger partial charge in [0.25, 0.3) is 0 Å². The first-order chi connectivity index (χ1) is 6.94. The van der Waals surface area contributed by atoms with Gasteiger partial charge < -0.3 is 10.2 Å². The summed E-state index contributed by atoms with van der Waals surface area (Å²) < 4.78 is 0. The molecule has 0 unspecified atom stereocenters. The Balaban J connectivity index is 2.87. The van der Waals surface area contributed by atoms with Crippen LogP contribution >= 0.6 is 0 Å². The van der Waals surface area contributed by atoms with E-state index >= 15 is 0 Å². The summed E-state index contributed by atoms with van der Waals surface area (Å²) in [7, 11) is 0. The van der Waals surface area contributed by atoms with Gasteiger partial charge in [0.1, 0.15) is 0 Å². The van der Waals surface area contributed by atoms with Gasteiger partial charge in [0.2, 0.25) is 0 Å². The smallest absolute Gasteiger partial charge is 0.306 e. The van der Waals surface area contributed by atoms with Gasteiger partial charge in [0.15, 0.2) is 0 Å². The first kappa shape index (κ1) is 11.7. The van der Waals surface area contributed by atoms with E-state index in [4.69, 9.17) is 5.11 Å². The van der Waals surface area contributed by atoms with Gasteiger partial charge in [-0.15, -0.1) is 0 Å². The van der Waals surface area contributed by atoms with Crippen LogP contribution in [0.5, 0.6) is 0 Å². The number of aliphatic hydroxyl groups is 1. The van der Waals surface area contributed by atoms with E-state index in [1.54, 1.807) is 0 Å². The van der Waals surface area contributed by atoms with Crippen LogP contribution in [0.4, 0.5) is 0 Å². The quantitative estimate of drug-likeness (QED) is 0.793. The Morgan fingerprint density at radius 1 is 1.33 bits per heavy atom. The molecule has 15 heavy (non-hydrogen) atoms. The van der Waals surface area contributed by atoms with E-state index in [1.165, 1.54) is 0 Å². The molecule has 1 rings (SSSR count). The van der Waals surface area contributed by atoms with Crippen molar-refractivity contribution in [3.05, 3.63) is 35.9 Å². The summed E-state index contributed by atoms with van der Waals surface area (Å²) in [6, 6.07) is 9.44. The monoisotopic (exact) mass is 208 g/mol. The summed E-state index contributed by atoms with van der Waals surface area (Å²) in [6.07, 6.45) is -1.11. The molecule has 1 atom stereocenters. The molecule has 0 heterocycles. The topological polar surface area (TPSA) is 57.5 Å². The maximum atomic E-state index is 10.5. The van der Waals surface area contributed by atoms with E-state index < -0.39 is 17.5 Å². The van der Waals surface area contributed by atoms with E-state index in [9.17, 15) is 9.90 Å². The molecular formula is C12H16O3. The normalized spacial score (nSPS) is 13.5. The minimum Gasteiger partial charge on any atom is -0.481 e. The number of hydrogen-bond acceptors (Lipinski definition) is 2. The summed E-state index contributed by atoms with van der Waals surface area (Å²) in [6.45, 7) is 3.69. The van der Waals surface area contributed by atoms with Crippen molar-refractivity contribution < 1.29 is 15.0 Å². The maximum absolute atomic E-state index is 10.5. The number of benzene rings is 1. The zero-order valence-corrected chi connectivity index (χ0v) is 8.97. The van der Waals surface area contributed by atoms with Crippen molar-refractivity contribution in [2.45, 2.75) is 31.8 Å². The van der Waals surface area contributed by atoms with Crippen molar-refractivity contribution in [2.24, 2.45) is 0 Å². The van der Waals surface area contributed by atoms with Crippen molar-refractivity contribution in [1.29, 1.82) is 0 Å². The van der Waals surface area contributed by atoms with Crippen LogP contribution in [0.3, 0.4) is 0 Å². The summed E-state index contributed by atoms with van der Waals surface area (Å²) in [5.74, 6) is -0.980. The van der Waals surface area contributed by atoms with Gasteiger partial charge in [0.05, 0.1) is 12.5 Å². The molecule has 0 aromatic heterocycles. The Kier molecular flexibility index (Phi) is 3.48. The SMILES string of the molecule is CC(C)(c1ccccc1)[C@H](O)CC(=O)O. The number of hydrogen-bond donors (Lipinski definition) is 2. The summed E-state index contributed by atoms with van der Waals surface area (Å²) in [5.41, 5.74) is 0.401. The molecule has 0 aliphatic carbocycles. The van der Waals surface area contributed by atoms with Crippen LogP contribution in [-0.4, -0.2) is 22.3 Å². The van der Waals surface area contributed by atoms with Gasteiger partial charge in [-0.2, -0.15) is 0 Å². The van der Waals surface area contributed by atoms with E-state index in [2.05, 4.69) is 0 Å². The second-order valence-electron chi connectivity index (χ2n) is 4.20. The number of carbonyl (C=O) groups is 1. The van der Waals surface area contributed by atoms with Crippen LogP contribution in [0, 0.1) is 0 Å². The lowest BCUT2D eigenvalue weighted by atomic mass is 9.78. The Hall–Kier alpha value is -1.35. The van der Waals surface area contributed by atoms with Gasteiger partial charge >= 0.3 is 5.97 Å². The van der Waals surface area contributed by atoms with Crippen LogP contribution in [0.25, 0.3) is 0 Å². The Labute approximate surface area is 89.4 Å². The Morgan fingerprint density at radius 2 is 1.87 bits per heavy atom. The molecule has 0 spiro atoms. The molecule has 0 fully saturated rings. The van der Waals surface area contributed by atoms with Crippen LogP contribution in [0.1, 0.15) is 25.8 Å². The molecule has 1 aromatic rings. The molecule has 3 nitrogen and oxygen atoms in total. The zero-order valence-electron chi connectivity index (χ0n) is 8.97. The summed E-state index contributed by atoms with van der Waals surface area (Å²) >= 11 is 0. The van der Waals surface area contributed by atoms with Crippen LogP contribution in [-0.2, 0) is 10.2 Å². The molecule has 0 saturated carbocycles. The standard InChI is InChI=1S/C12H16O3/c1-12(2,10(13)8-11(14)15)9-6-4-3-5-7-9/h3-7,10,13H,8H2,1-2H3,(H,14,15)/t10-/m1/s1. The third kappa shape index (κ3) is 2.80. The van der Waals surface area contributed by atoms with E-state index in [0.717, 1.165) is 5.56 Å². The van der Waals surface area contributed by atoms with Gasteiger partial charge in [-0.3, -0.25) is 4.79 Å². The second kappa shape index (κ2) is 4.45. The van der Waals surface area contributed by atoms with Crippen LogP contribution in [0.15, 0.2) is 30.3 Å². The number of carboxylic acids is 1. The lowest BCUT2D eigenvalue weighted by Gasteiger charge is -2.30. The lowest BCUT2D eigenvalue weighted by Crippen LogP contribution is -2.35. The second-order valence-corrected chi connectivity index (χ2v) is 4.20. The lowest BCUT2D eigenvalue weighted by molar-refractivity contribution is -0.140. The predicted octanol–water partition coefficient (Wildman–Crippen LogP) is 1.80. The van der Waals surface area contributed by atoms with Crippen LogP contribution in [0.2, 0.25) is 0 Å². The van der Waals surface area contributed by atoms with Gasteiger partial charge in [-0.05, 0) is 5.56 Å². The van der Waals surface area contributed by atoms with E-state index in [1.807, 2.05) is 44.2 Å². The highest BCUT2D eigenvalue weighted by atomic mass is 16.4. The van der Waals surface area contributed by atoms with E-state index in [-0.39, 0.29) is 6.42 Å². The van der Waals surface area contributed by atoms with Crippen molar-refractivity contribution in [2.75, 3.05) is 0 Å². The fourth-order valence-corrected chi connectivity index (χ4v) is 1.48. The van der Waals surface area contributed by atoms with E-state index in [0.29, 0.717) is 0 Å².